The quantitative estimate of drug-likeness (QED) is 0.697. The predicted molar refractivity (Wildman–Crippen MR) is 82.3 cm³/mol. The molecule has 0 aliphatic heterocycles. The summed E-state index contributed by atoms with van der Waals surface area (Å²) in [5.74, 6) is 0.326. The SMILES string of the molecule is O=C(Nc1ccc2[nH]ccc2c1)c1ccc(CCl)cc1. The van der Waals surface area contributed by atoms with E-state index in [0.717, 1.165) is 22.2 Å². The molecule has 3 aromatic rings. The summed E-state index contributed by atoms with van der Waals surface area (Å²) in [4.78, 5) is 15.3. The zero-order chi connectivity index (χ0) is 13.9. The van der Waals surface area contributed by atoms with E-state index in [1.165, 1.54) is 0 Å². The number of carbonyl (C=O) groups excluding carboxylic acids is 1. The Labute approximate surface area is 121 Å². The number of hydrogen-bond acceptors (Lipinski definition) is 1. The molecule has 0 fully saturated rings. The number of nitrogens with one attached hydrogen (secondary N) is 2. The van der Waals surface area contributed by atoms with Crippen molar-refractivity contribution in [3.05, 3.63) is 65.9 Å². The number of amides is 1. The molecule has 0 spiro atoms. The first-order valence-electron chi connectivity index (χ1n) is 6.30. The number of benzene rings is 2. The summed E-state index contributed by atoms with van der Waals surface area (Å²) < 4.78 is 0. The largest absolute Gasteiger partial charge is 0.361 e. The van der Waals surface area contributed by atoms with Gasteiger partial charge >= 0.3 is 0 Å². The Morgan fingerprint density at radius 1 is 1.10 bits per heavy atom. The molecule has 0 aliphatic rings. The van der Waals surface area contributed by atoms with Gasteiger partial charge in [0.05, 0.1) is 0 Å². The summed E-state index contributed by atoms with van der Waals surface area (Å²) >= 11 is 5.73. The van der Waals surface area contributed by atoms with E-state index in [9.17, 15) is 4.79 Å². The van der Waals surface area contributed by atoms with Crippen LogP contribution in [0.5, 0.6) is 0 Å². The lowest BCUT2D eigenvalue weighted by molar-refractivity contribution is 0.102. The molecule has 1 aromatic heterocycles. The molecule has 100 valence electrons. The van der Waals surface area contributed by atoms with Gasteiger partial charge in [0.15, 0.2) is 0 Å². The molecule has 0 bridgehead atoms. The normalized spacial score (nSPS) is 10.7. The molecule has 0 unspecified atom stereocenters. The summed E-state index contributed by atoms with van der Waals surface area (Å²) in [7, 11) is 0. The number of aromatic nitrogens is 1. The average Bonchev–Trinajstić information content (AvgIpc) is 2.95. The molecule has 2 aromatic carbocycles. The van der Waals surface area contributed by atoms with Crippen LogP contribution in [0.25, 0.3) is 10.9 Å². The summed E-state index contributed by atoms with van der Waals surface area (Å²) in [6.07, 6.45) is 1.88. The Kier molecular flexibility index (Phi) is 3.44. The van der Waals surface area contributed by atoms with E-state index >= 15 is 0 Å². The zero-order valence-corrected chi connectivity index (χ0v) is 11.4. The van der Waals surface area contributed by atoms with Crippen LogP contribution in [0, 0.1) is 0 Å². The van der Waals surface area contributed by atoms with Gasteiger partial charge in [-0.25, -0.2) is 0 Å². The standard InChI is InChI=1S/C16H13ClN2O/c17-10-11-1-3-12(4-2-11)16(20)19-14-5-6-15-13(9-14)7-8-18-15/h1-9,18H,10H2,(H,19,20). The highest BCUT2D eigenvalue weighted by molar-refractivity contribution is 6.17. The monoisotopic (exact) mass is 284 g/mol. The first-order valence-corrected chi connectivity index (χ1v) is 6.83. The number of anilines is 1. The number of hydrogen-bond donors (Lipinski definition) is 2. The van der Waals surface area contributed by atoms with E-state index in [-0.39, 0.29) is 5.91 Å². The van der Waals surface area contributed by atoms with Gasteiger partial charge in [0.1, 0.15) is 0 Å². The van der Waals surface area contributed by atoms with Crippen molar-refractivity contribution < 1.29 is 4.79 Å². The minimum absolute atomic E-state index is 0.124. The van der Waals surface area contributed by atoms with Crippen LogP contribution in [-0.4, -0.2) is 10.9 Å². The third-order valence-corrected chi connectivity index (χ3v) is 3.49. The zero-order valence-electron chi connectivity index (χ0n) is 10.7. The molecule has 20 heavy (non-hydrogen) atoms. The minimum Gasteiger partial charge on any atom is -0.361 e. The van der Waals surface area contributed by atoms with Crippen molar-refractivity contribution in [1.29, 1.82) is 0 Å². The molecule has 3 nitrogen and oxygen atoms in total. The molecule has 0 radical (unpaired) electrons. The van der Waals surface area contributed by atoms with E-state index in [1.54, 1.807) is 12.1 Å². The van der Waals surface area contributed by atoms with Gasteiger partial charge in [-0.15, -0.1) is 11.6 Å². The number of aromatic amines is 1. The van der Waals surface area contributed by atoms with Gasteiger partial charge in [-0.2, -0.15) is 0 Å². The summed E-state index contributed by atoms with van der Waals surface area (Å²) in [5.41, 5.74) is 3.45. The third kappa shape index (κ3) is 2.53. The Balaban J connectivity index is 1.80. The third-order valence-electron chi connectivity index (χ3n) is 3.18. The van der Waals surface area contributed by atoms with Crippen LogP contribution in [0.2, 0.25) is 0 Å². The fourth-order valence-electron chi connectivity index (χ4n) is 2.08. The van der Waals surface area contributed by atoms with Gasteiger partial charge < -0.3 is 10.3 Å². The first-order chi connectivity index (χ1) is 9.76. The van der Waals surface area contributed by atoms with Crippen molar-refractivity contribution in [1.82, 2.24) is 4.98 Å². The number of rotatable bonds is 3. The van der Waals surface area contributed by atoms with Crippen molar-refractivity contribution in [2.75, 3.05) is 5.32 Å². The molecule has 3 rings (SSSR count). The Hall–Kier alpha value is -2.26. The van der Waals surface area contributed by atoms with E-state index in [4.69, 9.17) is 11.6 Å². The second-order valence-corrected chi connectivity index (χ2v) is 4.83. The highest BCUT2D eigenvalue weighted by atomic mass is 35.5. The van der Waals surface area contributed by atoms with E-state index in [2.05, 4.69) is 10.3 Å². The smallest absolute Gasteiger partial charge is 0.255 e. The lowest BCUT2D eigenvalue weighted by Crippen LogP contribution is -2.11. The minimum atomic E-state index is -0.124. The number of halogens is 1. The van der Waals surface area contributed by atoms with Gasteiger partial charge in [0.25, 0.3) is 5.91 Å². The summed E-state index contributed by atoms with van der Waals surface area (Å²) in [6, 6.07) is 15.0. The molecule has 0 atom stereocenters. The van der Waals surface area contributed by atoms with E-state index in [0.29, 0.717) is 11.4 Å². The predicted octanol–water partition coefficient (Wildman–Crippen LogP) is 4.16. The second kappa shape index (κ2) is 5.39. The van der Waals surface area contributed by atoms with Crippen LogP contribution in [0.3, 0.4) is 0 Å². The van der Waals surface area contributed by atoms with Crippen molar-refractivity contribution in [3.8, 4) is 0 Å². The Bertz CT molecular complexity index is 747. The topological polar surface area (TPSA) is 44.9 Å². The maximum Gasteiger partial charge on any atom is 0.255 e. The number of carbonyl (C=O) groups is 1. The molecular formula is C16H13ClN2O. The van der Waals surface area contributed by atoms with Gasteiger partial charge in [0, 0.05) is 34.2 Å². The van der Waals surface area contributed by atoms with Gasteiger partial charge in [-0.05, 0) is 42.0 Å². The summed E-state index contributed by atoms with van der Waals surface area (Å²) in [5, 5.41) is 3.96. The molecule has 1 amide bonds. The van der Waals surface area contributed by atoms with Crippen LogP contribution < -0.4 is 5.32 Å². The maximum absolute atomic E-state index is 12.1. The number of fused-ring (bicyclic) bond motifs is 1. The van der Waals surface area contributed by atoms with Crippen molar-refractivity contribution >= 4 is 34.1 Å². The van der Waals surface area contributed by atoms with Crippen LogP contribution in [0.15, 0.2) is 54.7 Å². The average molecular weight is 285 g/mol. The maximum atomic E-state index is 12.1. The highest BCUT2D eigenvalue weighted by Gasteiger charge is 2.06. The molecule has 0 saturated heterocycles. The lowest BCUT2D eigenvalue weighted by atomic mass is 10.1. The van der Waals surface area contributed by atoms with E-state index < -0.39 is 0 Å². The number of alkyl halides is 1. The second-order valence-electron chi connectivity index (χ2n) is 4.56. The highest BCUT2D eigenvalue weighted by Crippen LogP contribution is 2.18. The van der Waals surface area contributed by atoms with E-state index in [1.807, 2.05) is 42.6 Å². The summed E-state index contributed by atoms with van der Waals surface area (Å²) in [6.45, 7) is 0. The van der Waals surface area contributed by atoms with Crippen LogP contribution in [-0.2, 0) is 5.88 Å². The first kappa shape index (κ1) is 12.8. The van der Waals surface area contributed by atoms with Crippen LogP contribution in [0.4, 0.5) is 5.69 Å². The van der Waals surface area contributed by atoms with Gasteiger partial charge in [-0.1, -0.05) is 12.1 Å². The van der Waals surface area contributed by atoms with Gasteiger partial charge in [-0.3, -0.25) is 4.79 Å². The van der Waals surface area contributed by atoms with Crippen molar-refractivity contribution in [3.63, 3.8) is 0 Å². The molecule has 0 aliphatic carbocycles. The fraction of sp³-hybridized carbons (Fsp3) is 0.0625. The molecule has 2 N–H and O–H groups in total. The molecule has 0 saturated carbocycles. The van der Waals surface area contributed by atoms with Crippen molar-refractivity contribution in [2.24, 2.45) is 0 Å². The molecular weight excluding hydrogens is 272 g/mol. The fourth-order valence-corrected chi connectivity index (χ4v) is 2.26. The Morgan fingerprint density at radius 2 is 1.90 bits per heavy atom. The van der Waals surface area contributed by atoms with Crippen LogP contribution in [0.1, 0.15) is 15.9 Å². The molecule has 4 heteroatoms. The molecule has 1 heterocycles. The van der Waals surface area contributed by atoms with Crippen molar-refractivity contribution in [2.45, 2.75) is 5.88 Å². The Morgan fingerprint density at radius 3 is 2.65 bits per heavy atom. The number of H-pyrrole nitrogens is 1. The lowest BCUT2D eigenvalue weighted by Gasteiger charge is -2.06. The van der Waals surface area contributed by atoms with Crippen LogP contribution >= 0.6 is 11.6 Å². The van der Waals surface area contributed by atoms with Gasteiger partial charge in [0.2, 0.25) is 0 Å².